The van der Waals surface area contributed by atoms with E-state index >= 15 is 0 Å². The molecular formula is C14H17ClO2S. The molecule has 1 aliphatic heterocycles. The standard InChI is InChI=1S/C14H17ClO2S/c15-14-13(10-6-2-1-3-7-10)11-8-4-5-9-12(11)18(14,16)17/h1-3,6-7,11-14H,4-5,8-9H2. The molecule has 0 aromatic heterocycles. The summed E-state index contributed by atoms with van der Waals surface area (Å²) in [6.07, 6.45) is 3.93. The first kappa shape index (κ1) is 12.5. The highest BCUT2D eigenvalue weighted by Crippen LogP contribution is 2.51. The minimum absolute atomic E-state index is 0.0248. The highest BCUT2D eigenvalue weighted by molar-refractivity contribution is 7.94. The average Bonchev–Trinajstić information content (AvgIpc) is 2.60. The third-order valence-electron chi connectivity index (χ3n) is 4.42. The summed E-state index contributed by atoms with van der Waals surface area (Å²) in [5.74, 6) is 0.191. The van der Waals surface area contributed by atoms with Gasteiger partial charge in [0.2, 0.25) is 0 Å². The summed E-state index contributed by atoms with van der Waals surface area (Å²) in [4.78, 5) is 0. The van der Waals surface area contributed by atoms with E-state index in [2.05, 4.69) is 0 Å². The first-order chi connectivity index (χ1) is 8.62. The topological polar surface area (TPSA) is 34.1 Å². The van der Waals surface area contributed by atoms with Crippen LogP contribution in [-0.2, 0) is 9.84 Å². The van der Waals surface area contributed by atoms with Crippen molar-refractivity contribution in [2.75, 3.05) is 0 Å². The van der Waals surface area contributed by atoms with Gasteiger partial charge in [-0.1, -0.05) is 43.2 Å². The number of halogens is 1. The summed E-state index contributed by atoms with van der Waals surface area (Å²) in [6.45, 7) is 0. The Balaban J connectivity index is 2.04. The number of alkyl halides is 1. The van der Waals surface area contributed by atoms with E-state index in [1.54, 1.807) is 0 Å². The van der Waals surface area contributed by atoms with Crippen molar-refractivity contribution in [3.05, 3.63) is 35.9 Å². The van der Waals surface area contributed by atoms with Crippen LogP contribution in [0.2, 0.25) is 0 Å². The van der Waals surface area contributed by atoms with Crippen molar-refractivity contribution < 1.29 is 8.42 Å². The molecule has 1 saturated carbocycles. The fourth-order valence-corrected chi connectivity index (χ4v) is 6.70. The summed E-state index contributed by atoms with van der Waals surface area (Å²) in [5, 5.41) is -0.209. The van der Waals surface area contributed by atoms with Crippen molar-refractivity contribution >= 4 is 21.4 Å². The molecule has 1 heterocycles. The molecule has 4 atom stereocenters. The zero-order valence-corrected chi connectivity index (χ0v) is 11.7. The molecule has 98 valence electrons. The number of benzene rings is 1. The Labute approximate surface area is 113 Å². The van der Waals surface area contributed by atoms with Gasteiger partial charge in [0.05, 0.1) is 5.25 Å². The van der Waals surface area contributed by atoms with Crippen LogP contribution in [0.1, 0.15) is 37.2 Å². The number of sulfone groups is 1. The van der Waals surface area contributed by atoms with E-state index in [0.29, 0.717) is 0 Å². The number of hydrogen-bond acceptors (Lipinski definition) is 2. The van der Waals surface area contributed by atoms with Crippen LogP contribution in [0.3, 0.4) is 0 Å². The van der Waals surface area contributed by atoms with Crippen LogP contribution in [-0.4, -0.2) is 18.4 Å². The maximum Gasteiger partial charge on any atom is 0.170 e. The molecule has 0 radical (unpaired) electrons. The molecule has 4 heteroatoms. The third-order valence-corrected chi connectivity index (χ3v) is 7.78. The molecule has 0 bridgehead atoms. The van der Waals surface area contributed by atoms with E-state index < -0.39 is 14.5 Å². The van der Waals surface area contributed by atoms with Gasteiger partial charge in [-0.05, 0) is 24.3 Å². The summed E-state index contributed by atoms with van der Waals surface area (Å²) >= 11 is 6.29. The Morgan fingerprint density at radius 3 is 2.44 bits per heavy atom. The summed E-state index contributed by atoms with van der Waals surface area (Å²) in [6, 6.07) is 9.89. The fraction of sp³-hybridized carbons (Fsp3) is 0.571. The second-order valence-electron chi connectivity index (χ2n) is 5.36. The van der Waals surface area contributed by atoms with Crippen molar-refractivity contribution in [1.29, 1.82) is 0 Å². The monoisotopic (exact) mass is 284 g/mol. The maximum absolute atomic E-state index is 12.4. The molecule has 0 amide bonds. The number of rotatable bonds is 1. The second kappa shape index (κ2) is 4.53. The van der Waals surface area contributed by atoms with Gasteiger partial charge in [-0.3, -0.25) is 0 Å². The van der Waals surface area contributed by atoms with Crippen LogP contribution >= 0.6 is 11.6 Å². The Bertz CT molecular complexity index is 526. The lowest BCUT2D eigenvalue weighted by Crippen LogP contribution is -2.27. The molecule has 3 rings (SSSR count). The fourth-order valence-electron chi connectivity index (χ4n) is 3.58. The van der Waals surface area contributed by atoms with Crippen LogP contribution in [0.15, 0.2) is 30.3 Å². The zero-order chi connectivity index (χ0) is 12.8. The summed E-state index contributed by atoms with van der Waals surface area (Å²) in [5.41, 5.74) is 1.08. The average molecular weight is 285 g/mol. The minimum atomic E-state index is -3.16. The van der Waals surface area contributed by atoms with Crippen LogP contribution < -0.4 is 0 Å². The van der Waals surface area contributed by atoms with Gasteiger partial charge in [0.15, 0.2) is 9.84 Å². The predicted molar refractivity (Wildman–Crippen MR) is 73.5 cm³/mol. The lowest BCUT2D eigenvalue weighted by molar-refractivity contribution is 0.339. The predicted octanol–water partition coefficient (Wildman–Crippen LogP) is 3.32. The Morgan fingerprint density at radius 2 is 1.72 bits per heavy atom. The normalized spacial score (nSPS) is 38.3. The van der Waals surface area contributed by atoms with Gasteiger partial charge >= 0.3 is 0 Å². The molecular weight excluding hydrogens is 268 g/mol. The Kier molecular flexibility index (Phi) is 3.15. The van der Waals surface area contributed by atoms with Gasteiger partial charge in [-0.15, -0.1) is 11.6 Å². The van der Waals surface area contributed by atoms with Crippen molar-refractivity contribution in [1.82, 2.24) is 0 Å². The first-order valence-electron chi connectivity index (χ1n) is 6.54. The zero-order valence-electron chi connectivity index (χ0n) is 10.1. The van der Waals surface area contributed by atoms with Crippen LogP contribution in [0.25, 0.3) is 0 Å². The third kappa shape index (κ3) is 1.79. The van der Waals surface area contributed by atoms with Crippen LogP contribution in [0.5, 0.6) is 0 Å². The van der Waals surface area contributed by atoms with Gasteiger partial charge in [-0.25, -0.2) is 8.42 Å². The molecule has 1 saturated heterocycles. The molecule has 18 heavy (non-hydrogen) atoms. The smallest absolute Gasteiger partial charge is 0.170 e. The Hall–Kier alpha value is -0.540. The van der Waals surface area contributed by atoms with E-state index in [4.69, 9.17) is 11.6 Å². The van der Waals surface area contributed by atoms with Crippen molar-refractivity contribution in [2.45, 2.75) is 41.6 Å². The SMILES string of the molecule is O=S1(=O)C(Cl)C(c2ccccc2)C2CCCCC21. The van der Waals surface area contributed by atoms with Crippen molar-refractivity contribution in [3.63, 3.8) is 0 Å². The molecule has 4 unspecified atom stereocenters. The van der Waals surface area contributed by atoms with Gasteiger partial charge < -0.3 is 0 Å². The molecule has 2 aliphatic rings. The summed E-state index contributed by atoms with van der Waals surface area (Å²) in [7, 11) is -3.16. The van der Waals surface area contributed by atoms with Gasteiger partial charge in [-0.2, -0.15) is 0 Å². The molecule has 1 aromatic rings. The molecule has 2 fully saturated rings. The van der Waals surface area contributed by atoms with E-state index in [0.717, 1.165) is 31.2 Å². The molecule has 0 N–H and O–H groups in total. The quantitative estimate of drug-likeness (QED) is 0.742. The van der Waals surface area contributed by atoms with E-state index in [1.807, 2.05) is 30.3 Å². The van der Waals surface area contributed by atoms with Crippen molar-refractivity contribution in [2.24, 2.45) is 5.92 Å². The van der Waals surface area contributed by atoms with E-state index in [1.165, 1.54) is 0 Å². The van der Waals surface area contributed by atoms with Gasteiger partial charge in [0.1, 0.15) is 4.71 Å². The second-order valence-corrected chi connectivity index (χ2v) is 8.38. The van der Waals surface area contributed by atoms with Gasteiger partial charge in [0, 0.05) is 5.92 Å². The molecule has 1 aliphatic carbocycles. The lowest BCUT2D eigenvalue weighted by atomic mass is 9.78. The number of hydrogen-bond donors (Lipinski definition) is 0. The first-order valence-corrected chi connectivity index (χ1v) is 8.58. The highest BCUT2D eigenvalue weighted by atomic mass is 35.5. The van der Waals surface area contributed by atoms with Gasteiger partial charge in [0.25, 0.3) is 0 Å². The maximum atomic E-state index is 12.4. The van der Waals surface area contributed by atoms with Crippen LogP contribution in [0, 0.1) is 5.92 Å². The lowest BCUT2D eigenvalue weighted by Gasteiger charge is -2.27. The molecule has 1 aromatic carbocycles. The van der Waals surface area contributed by atoms with Crippen molar-refractivity contribution in [3.8, 4) is 0 Å². The molecule has 2 nitrogen and oxygen atoms in total. The largest absolute Gasteiger partial charge is 0.227 e. The minimum Gasteiger partial charge on any atom is -0.227 e. The van der Waals surface area contributed by atoms with Crippen LogP contribution in [0.4, 0.5) is 0 Å². The van der Waals surface area contributed by atoms with E-state index in [9.17, 15) is 8.42 Å². The Morgan fingerprint density at radius 1 is 1.06 bits per heavy atom. The highest BCUT2D eigenvalue weighted by Gasteiger charge is 2.54. The number of fused-ring (bicyclic) bond motifs is 1. The molecule has 0 spiro atoms. The summed E-state index contributed by atoms with van der Waals surface area (Å²) < 4.78 is 24.0. The van der Waals surface area contributed by atoms with E-state index in [-0.39, 0.29) is 17.1 Å².